The summed E-state index contributed by atoms with van der Waals surface area (Å²) in [5.74, 6) is -0.189. The number of carboxylic acids is 1. The molecule has 0 unspecified atom stereocenters. The highest BCUT2D eigenvalue weighted by Crippen LogP contribution is 2.28. The van der Waals surface area contributed by atoms with Crippen LogP contribution < -0.4 is 4.90 Å². The van der Waals surface area contributed by atoms with E-state index in [1.54, 1.807) is 55.6 Å². The van der Waals surface area contributed by atoms with E-state index >= 15 is 0 Å². The molecule has 0 amide bonds. The molecule has 3 rings (SSSR count). The molecule has 1 aliphatic rings. The SMILES string of the molecule is COCCCCCCCS(=O)(=O)c1ccc(C2=CN(c3ccc(C(=O)O)cc3)CO2)cc1. The second-order valence-corrected chi connectivity index (χ2v) is 9.80. The van der Waals surface area contributed by atoms with Gasteiger partial charge >= 0.3 is 5.97 Å². The van der Waals surface area contributed by atoms with E-state index < -0.39 is 15.8 Å². The van der Waals surface area contributed by atoms with Crippen molar-refractivity contribution in [1.29, 1.82) is 0 Å². The van der Waals surface area contributed by atoms with E-state index in [0.29, 0.717) is 23.8 Å². The summed E-state index contributed by atoms with van der Waals surface area (Å²) in [7, 11) is -1.62. The van der Waals surface area contributed by atoms with Gasteiger partial charge in [0.2, 0.25) is 0 Å². The molecular formula is C24H29NO6S. The molecule has 0 aliphatic carbocycles. The molecule has 2 aromatic carbocycles. The second-order valence-electron chi connectivity index (χ2n) is 7.69. The number of hydrogen-bond acceptors (Lipinski definition) is 6. The molecule has 2 aromatic rings. The first kappa shape index (κ1) is 23.8. The number of aromatic carboxylic acids is 1. The fourth-order valence-electron chi connectivity index (χ4n) is 3.47. The highest BCUT2D eigenvalue weighted by molar-refractivity contribution is 7.91. The molecule has 0 saturated heterocycles. The molecule has 1 N–H and O–H groups in total. The van der Waals surface area contributed by atoms with Crippen LogP contribution in [-0.2, 0) is 19.3 Å². The maximum absolute atomic E-state index is 12.6. The predicted octanol–water partition coefficient (Wildman–Crippen LogP) is 4.55. The van der Waals surface area contributed by atoms with Crippen molar-refractivity contribution in [3.63, 3.8) is 0 Å². The third kappa shape index (κ3) is 6.34. The number of carbonyl (C=O) groups is 1. The smallest absolute Gasteiger partial charge is 0.335 e. The number of anilines is 1. The number of carboxylic acid groups (broad SMARTS) is 1. The van der Waals surface area contributed by atoms with Gasteiger partial charge in [0.1, 0.15) is 5.76 Å². The summed E-state index contributed by atoms with van der Waals surface area (Å²) in [6.45, 7) is 1.05. The fraction of sp³-hybridized carbons (Fsp3) is 0.375. The Morgan fingerprint density at radius 2 is 1.66 bits per heavy atom. The van der Waals surface area contributed by atoms with Crippen molar-refractivity contribution < 1.29 is 27.8 Å². The molecule has 1 heterocycles. The lowest BCUT2D eigenvalue weighted by Gasteiger charge is -2.13. The monoisotopic (exact) mass is 459 g/mol. The van der Waals surface area contributed by atoms with E-state index in [1.807, 2.05) is 11.1 Å². The number of benzene rings is 2. The summed E-state index contributed by atoms with van der Waals surface area (Å²) in [5.41, 5.74) is 1.82. The normalized spacial score (nSPS) is 13.7. The van der Waals surface area contributed by atoms with Crippen LogP contribution in [0.3, 0.4) is 0 Å². The zero-order valence-electron chi connectivity index (χ0n) is 18.2. The van der Waals surface area contributed by atoms with E-state index in [-0.39, 0.29) is 11.3 Å². The van der Waals surface area contributed by atoms with Crippen molar-refractivity contribution in [1.82, 2.24) is 0 Å². The first-order valence-electron chi connectivity index (χ1n) is 10.7. The Balaban J connectivity index is 1.56. The van der Waals surface area contributed by atoms with Crippen LogP contribution in [-0.4, -0.2) is 45.7 Å². The molecule has 7 nitrogen and oxygen atoms in total. The molecule has 0 bridgehead atoms. The van der Waals surface area contributed by atoms with Crippen molar-refractivity contribution in [2.24, 2.45) is 0 Å². The minimum atomic E-state index is -3.31. The fourth-order valence-corrected chi connectivity index (χ4v) is 4.84. The van der Waals surface area contributed by atoms with Crippen LogP contribution in [0.1, 0.15) is 48.0 Å². The summed E-state index contributed by atoms with van der Waals surface area (Å²) in [6, 6.07) is 13.3. The third-order valence-corrected chi connectivity index (χ3v) is 7.15. The van der Waals surface area contributed by atoms with Crippen LogP contribution in [0.25, 0.3) is 5.76 Å². The summed E-state index contributed by atoms with van der Waals surface area (Å²) in [6.07, 6.45) is 6.44. The van der Waals surface area contributed by atoms with E-state index in [0.717, 1.165) is 43.5 Å². The van der Waals surface area contributed by atoms with Crippen molar-refractivity contribution >= 4 is 27.3 Å². The molecule has 8 heteroatoms. The van der Waals surface area contributed by atoms with Gasteiger partial charge in [0, 0.05) is 25.0 Å². The molecule has 1 aliphatic heterocycles. The minimum absolute atomic E-state index is 0.149. The van der Waals surface area contributed by atoms with Crippen molar-refractivity contribution in [3.05, 3.63) is 65.9 Å². The molecule has 0 spiro atoms. The quantitative estimate of drug-likeness (QED) is 0.466. The molecule has 0 radical (unpaired) electrons. The highest BCUT2D eigenvalue weighted by Gasteiger charge is 2.19. The topological polar surface area (TPSA) is 93.1 Å². The van der Waals surface area contributed by atoms with Gasteiger partial charge in [0.25, 0.3) is 0 Å². The Labute approximate surface area is 189 Å². The molecule has 0 atom stereocenters. The highest BCUT2D eigenvalue weighted by atomic mass is 32.2. The van der Waals surface area contributed by atoms with Gasteiger partial charge in [0.05, 0.1) is 22.4 Å². The number of sulfone groups is 1. The summed E-state index contributed by atoms with van der Waals surface area (Å²) >= 11 is 0. The van der Waals surface area contributed by atoms with E-state index in [1.165, 1.54) is 0 Å². The van der Waals surface area contributed by atoms with Crippen LogP contribution in [0.4, 0.5) is 5.69 Å². The standard InChI is InChI=1S/C24H29NO6S/c1-30-15-5-3-2-4-6-16-32(28,29)22-13-9-19(10-14-22)23-17-25(18-31-23)21-11-7-20(8-12-21)24(26)27/h7-14,17H,2-6,15-16,18H2,1H3,(H,26,27). The summed E-state index contributed by atoms with van der Waals surface area (Å²) < 4.78 is 36.0. The number of ether oxygens (including phenoxy) is 2. The zero-order chi connectivity index (χ0) is 23.0. The number of unbranched alkanes of at least 4 members (excludes halogenated alkanes) is 4. The Morgan fingerprint density at radius 1 is 1.00 bits per heavy atom. The minimum Gasteiger partial charge on any atom is -0.478 e. The van der Waals surface area contributed by atoms with Crippen LogP contribution in [0.5, 0.6) is 0 Å². The van der Waals surface area contributed by atoms with Crippen molar-refractivity contribution in [3.8, 4) is 0 Å². The van der Waals surface area contributed by atoms with Gasteiger partial charge in [0.15, 0.2) is 16.6 Å². The number of rotatable bonds is 12. The van der Waals surface area contributed by atoms with Crippen LogP contribution >= 0.6 is 0 Å². The van der Waals surface area contributed by atoms with Gasteiger partial charge in [-0.05, 0) is 61.4 Å². The van der Waals surface area contributed by atoms with E-state index in [4.69, 9.17) is 14.6 Å². The Morgan fingerprint density at radius 3 is 2.31 bits per heavy atom. The summed E-state index contributed by atoms with van der Waals surface area (Å²) in [4.78, 5) is 13.2. The van der Waals surface area contributed by atoms with E-state index in [9.17, 15) is 13.2 Å². The van der Waals surface area contributed by atoms with Gasteiger partial charge < -0.3 is 19.5 Å². The molecular weight excluding hydrogens is 430 g/mol. The van der Waals surface area contributed by atoms with Crippen molar-refractivity contribution in [2.75, 3.05) is 31.1 Å². The molecule has 172 valence electrons. The molecule has 0 saturated carbocycles. The van der Waals surface area contributed by atoms with Crippen LogP contribution in [0.15, 0.2) is 59.6 Å². The Bertz CT molecular complexity index is 1030. The maximum Gasteiger partial charge on any atom is 0.335 e. The first-order chi connectivity index (χ1) is 15.4. The lowest BCUT2D eigenvalue weighted by molar-refractivity contribution is 0.0697. The zero-order valence-corrected chi connectivity index (χ0v) is 19.0. The number of hydrogen-bond donors (Lipinski definition) is 1. The molecule has 32 heavy (non-hydrogen) atoms. The Kier molecular flexibility index (Phi) is 8.30. The van der Waals surface area contributed by atoms with Crippen LogP contribution in [0, 0.1) is 0 Å². The van der Waals surface area contributed by atoms with Crippen molar-refractivity contribution in [2.45, 2.75) is 37.0 Å². The van der Waals surface area contributed by atoms with Gasteiger partial charge in [-0.15, -0.1) is 0 Å². The first-order valence-corrected chi connectivity index (χ1v) is 12.3. The second kappa shape index (κ2) is 11.2. The average Bonchev–Trinajstić information content (AvgIpc) is 3.29. The number of methoxy groups -OCH3 is 1. The largest absolute Gasteiger partial charge is 0.478 e. The Hall–Kier alpha value is -2.84. The predicted molar refractivity (Wildman–Crippen MR) is 123 cm³/mol. The number of nitrogens with zero attached hydrogens (tertiary/aromatic N) is 1. The van der Waals surface area contributed by atoms with Gasteiger partial charge in [-0.25, -0.2) is 13.2 Å². The van der Waals surface area contributed by atoms with Gasteiger partial charge in [-0.2, -0.15) is 0 Å². The average molecular weight is 460 g/mol. The lowest BCUT2D eigenvalue weighted by atomic mass is 10.2. The van der Waals surface area contributed by atoms with Crippen LogP contribution in [0.2, 0.25) is 0 Å². The summed E-state index contributed by atoms with van der Waals surface area (Å²) in [5, 5.41) is 9.01. The molecule has 0 fully saturated rings. The van der Waals surface area contributed by atoms with Gasteiger partial charge in [-0.1, -0.05) is 19.3 Å². The van der Waals surface area contributed by atoms with E-state index in [2.05, 4.69) is 0 Å². The third-order valence-electron chi connectivity index (χ3n) is 5.34. The maximum atomic E-state index is 12.6. The lowest BCUT2D eigenvalue weighted by Crippen LogP contribution is -2.13. The van der Waals surface area contributed by atoms with Gasteiger partial charge in [-0.3, -0.25) is 0 Å². The molecule has 0 aromatic heterocycles.